The fourth-order valence-corrected chi connectivity index (χ4v) is 1.26. The van der Waals surface area contributed by atoms with E-state index in [1.54, 1.807) is 26.0 Å². The summed E-state index contributed by atoms with van der Waals surface area (Å²) >= 11 is 0. The van der Waals surface area contributed by atoms with Crippen LogP contribution in [0.2, 0.25) is 0 Å². The molecule has 9 heteroatoms. The number of carbonyl (C=O) groups excluding carboxylic acids is 1. The molecular formula is C11H21N7O2. The Labute approximate surface area is 118 Å². The zero-order chi connectivity index (χ0) is 15.3. The van der Waals surface area contributed by atoms with Crippen molar-refractivity contribution in [3.63, 3.8) is 0 Å². The number of nitrogens with one attached hydrogen (secondary N) is 1. The third-order valence-corrected chi connectivity index (χ3v) is 2.29. The zero-order valence-corrected chi connectivity index (χ0v) is 12.4. The highest BCUT2D eigenvalue weighted by Crippen LogP contribution is 2.14. The van der Waals surface area contributed by atoms with Crippen molar-refractivity contribution in [1.29, 1.82) is 0 Å². The molecule has 0 saturated carbocycles. The quantitative estimate of drug-likeness (QED) is 0.529. The molecule has 1 amide bonds. The summed E-state index contributed by atoms with van der Waals surface area (Å²) in [6, 6.07) is 0.155. The summed E-state index contributed by atoms with van der Waals surface area (Å²) in [6.45, 7) is 3.86. The molecule has 0 aromatic carbocycles. The van der Waals surface area contributed by atoms with E-state index in [2.05, 4.69) is 20.4 Å². The molecule has 112 valence electrons. The van der Waals surface area contributed by atoms with Crippen LogP contribution in [0.15, 0.2) is 0 Å². The monoisotopic (exact) mass is 283 g/mol. The molecule has 0 atom stereocenters. The van der Waals surface area contributed by atoms with E-state index in [1.165, 1.54) is 4.90 Å². The van der Waals surface area contributed by atoms with Crippen LogP contribution in [-0.2, 0) is 4.79 Å². The van der Waals surface area contributed by atoms with Gasteiger partial charge in [0.25, 0.3) is 0 Å². The fraction of sp³-hybridized carbons (Fsp3) is 0.636. The number of likely N-dealkylation sites (N-methyl/N-ethyl adjacent to an activating group) is 2. The molecule has 0 radical (unpaired) electrons. The van der Waals surface area contributed by atoms with E-state index in [-0.39, 0.29) is 30.5 Å². The normalized spacial score (nSPS) is 10.3. The Morgan fingerprint density at radius 2 is 1.95 bits per heavy atom. The molecule has 0 bridgehead atoms. The average Bonchev–Trinajstić information content (AvgIpc) is 2.37. The lowest BCUT2D eigenvalue weighted by Crippen LogP contribution is -2.35. The first kappa shape index (κ1) is 15.9. The van der Waals surface area contributed by atoms with E-state index in [0.29, 0.717) is 5.95 Å². The standard InChI is InChI=1S/C11H21N7O2/c1-7(2)20-11-14-9(16-12)13-10(15-11)18(5)6-8(19)17(3)4/h7H,6,12H2,1-5H3,(H,13,14,15,16). The van der Waals surface area contributed by atoms with E-state index >= 15 is 0 Å². The number of nitrogen functional groups attached to an aromatic ring is 1. The fourth-order valence-electron chi connectivity index (χ4n) is 1.26. The predicted octanol–water partition coefficient (Wildman–Crippen LogP) is -0.531. The molecule has 0 aliphatic carbocycles. The summed E-state index contributed by atoms with van der Waals surface area (Å²) in [6.07, 6.45) is -0.0791. The van der Waals surface area contributed by atoms with Gasteiger partial charge in [0.15, 0.2) is 0 Å². The number of nitrogens with zero attached hydrogens (tertiary/aromatic N) is 5. The number of carbonyl (C=O) groups is 1. The molecular weight excluding hydrogens is 262 g/mol. The number of hydrogen-bond donors (Lipinski definition) is 2. The number of nitrogens with two attached hydrogens (primary N) is 1. The number of hydrogen-bond acceptors (Lipinski definition) is 8. The van der Waals surface area contributed by atoms with Gasteiger partial charge >= 0.3 is 6.01 Å². The van der Waals surface area contributed by atoms with Crippen LogP contribution in [0.3, 0.4) is 0 Å². The second-order valence-electron chi connectivity index (χ2n) is 4.70. The van der Waals surface area contributed by atoms with Gasteiger partial charge in [-0.05, 0) is 13.8 Å². The highest BCUT2D eigenvalue weighted by Gasteiger charge is 2.15. The van der Waals surface area contributed by atoms with Crippen LogP contribution >= 0.6 is 0 Å². The lowest BCUT2D eigenvalue weighted by Gasteiger charge is -2.20. The summed E-state index contributed by atoms with van der Waals surface area (Å²) in [5.41, 5.74) is 2.35. The van der Waals surface area contributed by atoms with Gasteiger partial charge in [-0.2, -0.15) is 15.0 Å². The molecule has 0 unspecified atom stereocenters. The van der Waals surface area contributed by atoms with Gasteiger partial charge < -0.3 is 14.5 Å². The Balaban J connectivity index is 2.95. The van der Waals surface area contributed by atoms with Crippen molar-refractivity contribution in [1.82, 2.24) is 19.9 Å². The highest BCUT2D eigenvalue weighted by molar-refractivity contribution is 5.80. The Morgan fingerprint density at radius 1 is 1.30 bits per heavy atom. The third-order valence-electron chi connectivity index (χ3n) is 2.29. The molecule has 0 aliphatic heterocycles. The molecule has 3 N–H and O–H groups in total. The Kier molecular flexibility index (Phi) is 5.44. The summed E-state index contributed by atoms with van der Waals surface area (Å²) in [5, 5.41) is 0. The summed E-state index contributed by atoms with van der Waals surface area (Å²) in [7, 11) is 5.07. The van der Waals surface area contributed by atoms with Crippen molar-refractivity contribution < 1.29 is 9.53 Å². The number of hydrazine groups is 1. The van der Waals surface area contributed by atoms with Crippen molar-refractivity contribution in [3.8, 4) is 6.01 Å². The molecule has 0 aliphatic rings. The van der Waals surface area contributed by atoms with Crippen molar-refractivity contribution in [2.45, 2.75) is 20.0 Å². The van der Waals surface area contributed by atoms with E-state index in [9.17, 15) is 4.79 Å². The van der Waals surface area contributed by atoms with Crippen molar-refractivity contribution >= 4 is 17.8 Å². The maximum atomic E-state index is 11.7. The first-order valence-corrected chi connectivity index (χ1v) is 6.14. The molecule has 1 aromatic rings. The Hall–Kier alpha value is -2.16. The third kappa shape index (κ3) is 4.50. The number of anilines is 2. The van der Waals surface area contributed by atoms with Crippen LogP contribution in [-0.4, -0.2) is 59.6 Å². The molecule has 20 heavy (non-hydrogen) atoms. The van der Waals surface area contributed by atoms with E-state index in [0.717, 1.165) is 0 Å². The van der Waals surface area contributed by atoms with Crippen molar-refractivity contribution in [2.24, 2.45) is 5.84 Å². The molecule has 1 aromatic heterocycles. The van der Waals surface area contributed by atoms with Gasteiger partial charge in [-0.3, -0.25) is 10.2 Å². The van der Waals surface area contributed by atoms with Gasteiger partial charge in [0.1, 0.15) is 0 Å². The smallest absolute Gasteiger partial charge is 0.323 e. The predicted molar refractivity (Wildman–Crippen MR) is 75.4 cm³/mol. The summed E-state index contributed by atoms with van der Waals surface area (Å²) < 4.78 is 5.42. The average molecular weight is 283 g/mol. The maximum absolute atomic E-state index is 11.7. The van der Waals surface area contributed by atoms with Crippen LogP contribution in [0.4, 0.5) is 11.9 Å². The molecule has 0 fully saturated rings. The van der Waals surface area contributed by atoms with Gasteiger partial charge in [0.2, 0.25) is 17.8 Å². The first-order chi connectivity index (χ1) is 9.33. The van der Waals surface area contributed by atoms with Gasteiger partial charge in [0.05, 0.1) is 12.6 Å². The molecule has 1 heterocycles. The molecule has 0 spiro atoms. The van der Waals surface area contributed by atoms with E-state index < -0.39 is 0 Å². The molecule has 9 nitrogen and oxygen atoms in total. The van der Waals surface area contributed by atoms with Gasteiger partial charge in [-0.25, -0.2) is 5.84 Å². The summed E-state index contributed by atoms with van der Waals surface area (Å²) in [4.78, 5) is 27.0. The van der Waals surface area contributed by atoms with Crippen LogP contribution in [0, 0.1) is 0 Å². The lowest BCUT2D eigenvalue weighted by molar-refractivity contribution is -0.127. The van der Waals surface area contributed by atoms with Gasteiger partial charge in [0, 0.05) is 21.1 Å². The molecule has 1 rings (SSSR count). The van der Waals surface area contributed by atoms with Crippen LogP contribution in [0.5, 0.6) is 6.01 Å². The number of ether oxygens (including phenoxy) is 1. The number of amides is 1. The number of aromatic nitrogens is 3. The largest absolute Gasteiger partial charge is 0.461 e. The number of rotatable bonds is 6. The minimum Gasteiger partial charge on any atom is -0.461 e. The summed E-state index contributed by atoms with van der Waals surface area (Å²) in [5.74, 6) is 5.73. The highest BCUT2D eigenvalue weighted by atomic mass is 16.5. The van der Waals surface area contributed by atoms with Crippen molar-refractivity contribution in [3.05, 3.63) is 0 Å². The first-order valence-electron chi connectivity index (χ1n) is 6.14. The van der Waals surface area contributed by atoms with Gasteiger partial charge in [-0.15, -0.1) is 0 Å². The van der Waals surface area contributed by atoms with E-state index in [1.807, 2.05) is 13.8 Å². The van der Waals surface area contributed by atoms with Crippen LogP contribution in [0.1, 0.15) is 13.8 Å². The van der Waals surface area contributed by atoms with Crippen molar-refractivity contribution in [2.75, 3.05) is 38.0 Å². The van der Waals surface area contributed by atoms with E-state index in [4.69, 9.17) is 10.6 Å². The SMILES string of the molecule is CC(C)Oc1nc(NN)nc(N(C)CC(=O)N(C)C)n1. The maximum Gasteiger partial charge on any atom is 0.323 e. The van der Waals surface area contributed by atoms with Gasteiger partial charge in [-0.1, -0.05) is 0 Å². The molecule has 0 saturated heterocycles. The minimum absolute atomic E-state index is 0.0681. The van der Waals surface area contributed by atoms with Crippen LogP contribution in [0.25, 0.3) is 0 Å². The zero-order valence-electron chi connectivity index (χ0n) is 12.4. The van der Waals surface area contributed by atoms with Crippen LogP contribution < -0.4 is 20.9 Å². The topological polar surface area (TPSA) is 110 Å². The second-order valence-corrected chi connectivity index (χ2v) is 4.70. The second kappa shape index (κ2) is 6.85. The lowest BCUT2D eigenvalue weighted by atomic mass is 10.5. The minimum atomic E-state index is -0.0791. The Morgan fingerprint density at radius 3 is 2.45 bits per heavy atom. The Bertz CT molecular complexity index is 464.